The minimum absolute atomic E-state index is 0.342. The van der Waals surface area contributed by atoms with Crippen molar-refractivity contribution in [2.45, 2.75) is 13.3 Å². The molecule has 1 aliphatic heterocycles. The smallest absolute Gasteiger partial charge is 0.341 e. The number of methoxy groups -OCH3 is 1. The lowest BCUT2D eigenvalue weighted by Crippen LogP contribution is -2.38. The molecule has 38 heavy (non-hydrogen) atoms. The number of nitrogens with zero attached hydrogens (tertiary/aromatic N) is 2. The Morgan fingerprint density at radius 2 is 1.74 bits per heavy atom. The second-order valence-corrected chi connectivity index (χ2v) is 9.07. The van der Waals surface area contributed by atoms with Crippen molar-refractivity contribution in [1.29, 1.82) is 0 Å². The van der Waals surface area contributed by atoms with E-state index in [1.165, 1.54) is 0 Å². The van der Waals surface area contributed by atoms with Crippen LogP contribution in [0.3, 0.4) is 0 Å². The Labute approximate surface area is 222 Å². The van der Waals surface area contributed by atoms with Crippen LogP contribution in [0, 0.1) is 0 Å². The van der Waals surface area contributed by atoms with E-state index in [9.17, 15) is 4.79 Å². The van der Waals surface area contributed by atoms with Gasteiger partial charge in [-0.3, -0.25) is 9.88 Å². The van der Waals surface area contributed by atoms with Gasteiger partial charge in [0.25, 0.3) is 0 Å². The molecule has 0 N–H and O–H groups in total. The van der Waals surface area contributed by atoms with Gasteiger partial charge < -0.3 is 23.7 Å². The number of fused-ring (bicyclic) bond motifs is 2. The molecule has 0 amide bonds. The van der Waals surface area contributed by atoms with Crippen molar-refractivity contribution in [3.63, 3.8) is 0 Å². The van der Waals surface area contributed by atoms with Crippen LogP contribution < -0.4 is 14.2 Å². The number of carbonyl (C=O) groups excluding carboxylic acids is 1. The molecule has 0 saturated carbocycles. The highest BCUT2D eigenvalue weighted by atomic mass is 16.5. The molecular weight excluding hydrogens is 484 g/mol. The second kappa shape index (κ2) is 12.1. The van der Waals surface area contributed by atoms with E-state index < -0.39 is 5.97 Å². The SMILES string of the molecule is CCCOC(=O)c1cc2ccccc2cc1Oc1ccnc2cc(OCCN3CCOCC3)c(OC)cc12. The Kier molecular flexibility index (Phi) is 8.21. The van der Waals surface area contributed by atoms with Gasteiger partial charge in [-0.05, 0) is 41.5 Å². The number of esters is 1. The average molecular weight is 517 g/mol. The number of carbonyl (C=O) groups is 1. The molecule has 0 atom stereocenters. The van der Waals surface area contributed by atoms with Crippen molar-refractivity contribution in [2.75, 3.05) is 53.2 Å². The van der Waals surface area contributed by atoms with Crippen LogP contribution in [-0.4, -0.2) is 69.0 Å². The fourth-order valence-electron chi connectivity index (χ4n) is 4.45. The summed E-state index contributed by atoms with van der Waals surface area (Å²) in [5.41, 5.74) is 1.07. The Hall–Kier alpha value is -3.88. The van der Waals surface area contributed by atoms with E-state index in [2.05, 4.69) is 9.88 Å². The first-order chi connectivity index (χ1) is 18.7. The molecule has 1 saturated heterocycles. The van der Waals surface area contributed by atoms with Crippen LogP contribution in [0.2, 0.25) is 0 Å². The summed E-state index contributed by atoms with van der Waals surface area (Å²) < 4.78 is 29.0. The third-order valence-corrected chi connectivity index (χ3v) is 6.48. The van der Waals surface area contributed by atoms with Gasteiger partial charge in [0.2, 0.25) is 0 Å². The normalized spacial score (nSPS) is 13.9. The van der Waals surface area contributed by atoms with E-state index in [4.69, 9.17) is 23.7 Å². The fraction of sp³-hybridized carbons (Fsp3) is 0.333. The maximum absolute atomic E-state index is 12.9. The third kappa shape index (κ3) is 5.82. The number of ether oxygens (including phenoxy) is 5. The molecule has 1 aliphatic rings. The molecule has 2 heterocycles. The molecule has 8 nitrogen and oxygen atoms in total. The molecule has 8 heteroatoms. The topological polar surface area (TPSA) is 79.4 Å². The number of morpholine rings is 1. The molecule has 4 aromatic rings. The number of aromatic nitrogens is 1. The first-order valence-corrected chi connectivity index (χ1v) is 12.9. The summed E-state index contributed by atoms with van der Waals surface area (Å²) >= 11 is 0. The molecule has 0 radical (unpaired) electrons. The van der Waals surface area contributed by atoms with Crippen molar-refractivity contribution in [2.24, 2.45) is 0 Å². The number of pyridine rings is 1. The molecule has 1 fully saturated rings. The van der Waals surface area contributed by atoms with Gasteiger partial charge in [0, 0.05) is 37.3 Å². The minimum atomic E-state index is -0.417. The predicted molar refractivity (Wildman–Crippen MR) is 146 cm³/mol. The van der Waals surface area contributed by atoms with Crippen LogP contribution in [0.4, 0.5) is 0 Å². The standard InChI is InChI=1S/C30H32N2O6/c1-3-13-37-30(33)24-17-21-6-4-5-7-22(21)18-27(24)38-26-8-9-31-25-20-29(28(34-2)19-23(25)26)36-16-12-32-10-14-35-15-11-32/h4-9,17-20H,3,10-16H2,1-2H3. The van der Waals surface area contributed by atoms with Crippen LogP contribution in [0.25, 0.3) is 21.7 Å². The quantitative estimate of drug-likeness (QED) is 0.257. The van der Waals surface area contributed by atoms with Crippen molar-refractivity contribution in [3.8, 4) is 23.0 Å². The molecule has 1 aromatic heterocycles. The number of hydrogen-bond acceptors (Lipinski definition) is 8. The molecule has 3 aromatic carbocycles. The largest absolute Gasteiger partial charge is 0.493 e. The van der Waals surface area contributed by atoms with Gasteiger partial charge in [-0.25, -0.2) is 4.79 Å². The van der Waals surface area contributed by atoms with E-state index in [1.54, 1.807) is 19.4 Å². The Morgan fingerprint density at radius 3 is 2.50 bits per heavy atom. The number of hydrogen-bond donors (Lipinski definition) is 0. The summed E-state index contributed by atoms with van der Waals surface area (Å²) in [6.45, 7) is 6.95. The Bertz CT molecular complexity index is 1420. The van der Waals surface area contributed by atoms with Gasteiger partial charge >= 0.3 is 5.97 Å². The lowest BCUT2D eigenvalue weighted by atomic mass is 10.1. The van der Waals surface area contributed by atoms with Crippen molar-refractivity contribution >= 4 is 27.6 Å². The van der Waals surface area contributed by atoms with E-state index in [0.29, 0.717) is 47.3 Å². The Morgan fingerprint density at radius 1 is 0.947 bits per heavy atom. The zero-order chi connectivity index (χ0) is 26.3. The monoisotopic (exact) mass is 516 g/mol. The first-order valence-electron chi connectivity index (χ1n) is 12.9. The van der Waals surface area contributed by atoms with Crippen LogP contribution in [0.1, 0.15) is 23.7 Å². The summed E-state index contributed by atoms with van der Waals surface area (Å²) in [6, 6.07) is 17.0. The Balaban J connectivity index is 1.44. The summed E-state index contributed by atoms with van der Waals surface area (Å²) in [5.74, 6) is 1.75. The molecule has 0 aliphatic carbocycles. The van der Waals surface area contributed by atoms with Crippen molar-refractivity contribution in [1.82, 2.24) is 9.88 Å². The van der Waals surface area contributed by atoms with Gasteiger partial charge in [-0.15, -0.1) is 0 Å². The van der Waals surface area contributed by atoms with Crippen molar-refractivity contribution in [3.05, 3.63) is 66.4 Å². The number of benzene rings is 3. The second-order valence-electron chi connectivity index (χ2n) is 9.07. The van der Waals surface area contributed by atoms with Gasteiger partial charge in [0.15, 0.2) is 11.5 Å². The lowest BCUT2D eigenvalue weighted by Gasteiger charge is -2.26. The van der Waals surface area contributed by atoms with Gasteiger partial charge in [0.1, 0.15) is 23.7 Å². The summed E-state index contributed by atoms with van der Waals surface area (Å²) in [6.07, 6.45) is 2.42. The highest BCUT2D eigenvalue weighted by Gasteiger charge is 2.19. The summed E-state index contributed by atoms with van der Waals surface area (Å²) in [5, 5.41) is 2.63. The third-order valence-electron chi connectivity index (χ3n) is 6.48. The summed E-state index contributed by atoms with van der Waals surface area (Å²) in [7, 11) is 1.61. The highest BCUT2D eigenvalue weighted by Crippen LogP contribution is 2.38. The summed E-state index contributed by atoms with van der Waals surface area (Å²) in [4.78, 5) is 19.8. The molecule has 0 bridgehead atoms. The van der Waals surface area contributed by atoms with Crippen LogP contribution in [0.5, 0.6) is 23.0 Å². The molecular formula is C30H32N2O6. The number of rotatable bonds is 10. The average Bonchev–Trinajstić information content (AvgIpc) is 2.96. The van der Waals surface area contributed by atoms with E-state index >= 15 is 0 Å². The van der Waals surface area contributed by atoms with E-state index in [1.807, 2.05) is 55.5 Å². The van der Waals surface area contributed by atoms with Crippen molar-refractivity contribution < 1.29 is 28.5 Å². The molecule has 5 rings (SSSR count). The van der Waals surface area contributed by atoms with Crippen LogP contribution in [0.15, 0.2) is 60.8 Å². The zero-order valence-corrected chi connectivity index (χ0v) is 21.8. The molecule has 0 spiro atoms. The minimum Gasteiger partial charge on any atom is -0.493 e. The lowest BCUT2D eigenvalue weighted by molar-refractivity contribution is 0.0321. The van der Waals surface area contributed by atoms with E-state index in [-0.39, 0.29) is 0 Å². The van der Waals surface area contributed by atoms with E-state index in [0.717, 1.165) is 55.4 Å². The maximum Gasteiger partial charge on any atom is 0.341 e. The fourth-order valence-corrected chi connectivity index (χ4v) is 4.45. The zero-order valence-electron chi connectivity index (χ0n) is 21.8. The molecule has 0 unspecified atom stereocenters. The first kappa shape index (κ1) is 25.8. The van der Waals surface area contributed by atoms with Crippen LogP contribution in [-0.2, 0) is 9.47 Å². The maximum atomic E-state index is 12.9. The predicted octanol–water partition coefficient (Wildman–Crippen LogP) is 5.47. The van der Waals surface area contributed by atoms with Gasteiger partial charge in [-0.2, -0.15) is 0 Å². The van der Waals surface area contributed by atoms with Gasteiger partial charge in [-0.1, -0.05) is 31.2 Å². The van der Waals surface area contributed by atoms with Gasteiger partial charge in [0.05, 0.1) is 32.4 Å². The molecule has 198 valence electrons. The highest BCUT2D eigenvalue weighted by molar-refractivity contribution is 5.99. The van der Waals surface area contributed by atoms with Crippen LogP contribution >= 0.6 is 0 Å².